The van der Waals surface area contributed by atoms with Crippen molar-refractivity contribution < 1.29 is 23.1 Å². The first-order chi connectivity index (χ1) is 11.7. The number of benzene rings is 1. The van der Waals surface area contributed by atoms with Gasteiger partial charge in [-0.3, -0.25) is 9.67 Å². The molecule has 0 atom stereocenters. The number of carboxylic acid groups (broad SMARTS) is 1. The summed E-state index contributed by atoms with van der Waals surface area (Å²) in [6.07, 6.45) is 0.823. The molecule has 2 heterocycles. The largest absolute Gasteiger partial charge is 0.477 e. The number of hydrogen-bond acceptors (Lipinski definition) is 3. The van der Waals surface area contributed by atoms with Crippen LogP contribution in [0.2, 0.25) is 0 Å². The van der Waals surface area contributed by atoms with E-state index >= 15 is 0 Å². The van der Waals surface area contributed by atoms with E-state index < -0.39 is 23.3 Å². The topological polar surface area (TPSA) is 68.0 Å². The molecule has 130 valence electrons. The summed E-state index contributed by atoms with van der Waals surface area (Å²) in [6.45, 7) is 3.40. The zero-order chi connectivity index (χ0) is 18.4. The van der Waals surface area contributed by atoms with Gasteiger partial charge in [0.1, 0.15) is 11.3 Å². The Bertz CT molecular complexity index is 962. The fourth-order valence-corrected chi connectivity index (χ4v) is 2.64. The number of nitrogens with zero attached hydrogens (tertiary/aromatic N) is 3. The van der Waals surface area contributed by atoms with Crippen LogP contribution in [0.1, 0.15) is 22.4 Å². The molecule has 5 nitrogen and oxygen atoms in total. The van der Waals surface area contributed by atoms with Crippen LogP contribution in [0.15, 0.2) is 30.5 Å². The Morgan fingerprint density at radius 1 is 1.32 bits per heavy atom. The predicted octanol–water partition coefficient (Wildman–Crippen LogP) is 3.41. The first-order valence-corrected chi connectivity index (χ1v) is 7.40. The molecule has 0 saturated carbocycles. The molecular weight excluding hydrogens is 335 g/mol. The minimum atomic E-state index is -4.07. The average molecular weight is 349 g/mol. The van der Waals surface area contributed by atoms with Gasteiger partial charge >= 0.3 is 11.9 Å². The van der Waals surface area contributed by atoms with Crippen LogP contribution in [-0.2, 0) is 17.3 Å². The Morgan fingerprint density at radius 3 is 2.68 bits per heavy atom. The molecule has 0 saturated heterocycles. The highest BCUT2D eigenvalue weighted by atomic mass is 19.3. The standard InChI is InChI=1S/C17H14F3N3O2/c1-9-4-3-5-13(18)12(9)8-23-14-6-11(17(19,20)16(24)25)7-21-15(14)10(2)22-23/h3-7H,8H2,1-2H3,(H,24,25). The summed E-state index contributed by atoms with van der Waals surface area (Å²) >= 11 is 0. The van der Waals surface area contributed by atoms with Crippen molar-refractivity contribution in [3.8, 4) is 0 Å². The van der Waals surface area contributed by atoms with Crippen molar-refractivity contribution in [3.05, 3.63) is 58.7 Å². The van der Waals surface area contributed by atoms with Crippen molar-refractivity contribution in [1.82, 2.24) is 14.8 Å². The number of rotatable bonds is 4. The van der Waals surface area contributed by atoms with Gasteiger partial charge in [0.15, 0.2) is 0 Å². The number of aryl methyl sites for hydroxylation is 2. The Morgan fingerprint density at radius 2 is 2.04 bits per heavy atom. The number of hydrogen-bond donors (Lipinski definition) is 1. The molecule has 0 aliphatic heterocycles. The Labute approximate surface area is 140 Å². The summed E-state index contributed by atoms with van der Waals surface area (Å²) < 4.78 is 43.0. The van der Waals surface area contributed by atoms with E-state index in [1.54, 1.807) is 26.0 Å². The molecule has 0 amide bonds. The lowest BCUT2D eigenvalue weighted by Gasteiger charge is -2.12. The van der Waals surface area contributed by atoms with Crippen molar-refractivity contribution in [2.24, 2.45) is 0 Å². The van der Waals surface area contributed by atoms with Crippen LogP contribution in [0.4, 0.5) is 13.2 Å². The average Bonchev–Trinajstić information content (AvgIpc) is 2.86. The molecule has 3 aromatic rings. The molecule has 8 heteroatoms. The smallest absolute Gasteiger partial charge is 0.379 e. The van der Waals surface area contributed by atoms with Crippen LogP contribution < -0.4 is 0 Å². The summed E-state index contributed by atoms with van der Waals surface area (Å²) in [4.78, 5) is 14.7. The van der Waals surface area contributed by atoms with Gasteiger partial charge in [-0.05, 0) is 31.5 Å². The van der Waals surface area contributed by atoms with Gasteiger partial charge in [-0.15, -0.1) is 0 Å². The Kier molecular flexibility index (Phi) is 3.98. The number of carboxylic acids is 1. The fourth-order valence-electron chi connectivity index (χ4n) is 2.64. The zero-order valence-corrected chi connectivity index (χ0v) is 13.4. The van der Waals surface area contributed by atoms with Gasteiger partial charge in [0.05, 0.1) is 23.3 Å². The number of carbonyl (C=O) groups is 1. The molecular formula is C17H14F3N3O2. The maximum atomic E-state index is 14.1. The van der Waals surface area contributed by atoms with Crippen LogP contribution in [0, 0.1) is 19.7 Å². The minimum absolute atomic E-state index is 0.0205. The highest BCUT2D eigenvalue weighted by Gasteiger charge is 2.41. The van der Waals surface area contributed by atoms with Crippen molar-refractivity contribution >= 4 is 17.0 Å². The van der Waals surface area contributed by atoms with Gasteiger partial charge in [0.2, 0.25) is 0 Å². The van der Waals surface area contributed by atoms with Crippen LogP contribution in [0.25, 0.3) is 11.0 Å². The van der Waals surface area contributed by atoms with E-state index in [4.69, 9.17) is 5.11 Å². The Hall–Kier alpha value is -2.90. The summed E-state index contributed by atoms with van der Waals surface area (Å²) in [7, 11) is 0. The SMILES string of the molecule is Cc1cccc(F)c1Cn1nc(C)c2ncc(C(F)(F)C(=O)O)cc21. The van der Waals surface area contributed by atoms with E-state index in [2.05, 4.69) is 10.1 Å². The molecule has 0 aliphatic rings. The molecule has 3 rings (SSSR count). The summed E-state index contributed by atoms with van der Waals surface area (Å²) in [5, 5.41) is 12.9. The van der Waals surface area contributed by atoms with Crippen molar-refractivity contribution in [2.75, 3.05) is 0 Å². The van der Waals surface area contributed by atoms with Crippen molar-refractivity contribution in [2.45, 2.75) is 26.3 Å². The normalized spacial score (nSPS) is 11.9. The van der Waals surface area contributed by atoms with E-state index in [9.17, 15) is 18.0 Å². The number of aromatic nitrogens is 3. The molecule has 0 fully saturated rings. The van der Waals surface area contributed by atoms with Gasteiger partial charge < -0.3 is 5.11 Å². The maximum absolute atomic E-state index is 14.1. The van der Waals surface area contributed by atoms with E-state index in [-0.39, 0.29) is 12.1 Å². The molecule has 2 aromatic heterocycles. The quantitative estimate of drug-likeness (QED) is 0.784. The van der Waals surface area contributed by atoms with Gasteiger partial charge in [-0.2, -0.15) is 13.9 Å². The molecule has 1 N–H and O–H groups in total. The van der Waals surface area contributed by atoms with Crippen molar-refractivity contribution in [1.29, 1.82) is 0 Å². The third kappa shape index (κ3) is 2.84. The third-order valence-electron chi connectivity index (χ3n) is 4.05. The molecule has 25 heavy (non-hydrogen) atoms. The second-order valence-electron chi connectivity index (χ2n) is 5.75. The maximum Gasteiger partial charge on any atom is 0.379 e. The summed E-state index contributed by atoms with van der Waals surface area (Å²) in [5.41, 5.74) is 1.38. The molecule has 0 unspecified atom stereocenters. The summed E-state index contributed by atoms with van der Waals surface area (Å²) in [5.74, 6) is -6.76. The molecule has 0 radical (unpaired) electrons. The van der Waals surface area contributed by atoms with Crippen molar-refractivity contribution in [3.63, 3.8) is 0 Å². The van der Waals surface area contributed by atoms with Gasteiger partial charge in [0, 0.05) is 11.8 Å². The molecule has 1 aromatic carbocycles. The monoisotopic (exact) mass is 349 g/mol. The third-order valence-corrected chi connectivity index (χ3v) is 4.05. The second kappa shape index (κ2) is 5.87. The predicted molar refractivity (Wildman–Crippen MR) is 84.0 cm³/mol. The van der Waals surface area contributed by atoms with E-state index in [1.165, 1.54) is 10.7 Å². The highest BCUT2D eigenvalue weighted by Crippen LogP contribution is 2.30. The van der Waals surface area contributed by atoms with Gasteiger partial charge in [-0.1, -0.05) is 12.1 Å². The van der Waals surface area contributed by atoms with E-state index in [1.807, 2.05) is 0 Å². The van der Waals surface area contributed by atoms with Crippen LogP contribution in [0.5, 0.6) is 0 Å². The lowest BCUT2D eigenvalue weighted by Crippen LogP contribution is -2.25. The summed E-state index contributed by atoms with van der Waals surface area (Å²) in [6, 6.07) is 5.66. The number of aliphatic carboxylic acids is 1. The second-order valence-corrected chi connectivity index (χ2v) is 5.75. The minimum Gasteiger partial charge on any atom is -0.477 e. The molecule has 0 bridgehead atoms. The first-order valence-electron chi connectivity index (χ1n) is 7.40. The van der Waals surface area contributed by atoms with E-state index in [0.717, 1.165) is 12.3 Å². The Balaban J connectivity index is 2.14. The first kappa shape index (κ1) is 16.9. The number of alkyl halides is 2. The molecule has 0 spiro atoms. The van der Waals surface area contributed by atoms with Crippen LogP contribution >= 0.6 is 0 Å². The van der Waals surface area contributed by atoms with Crippen LogP contribution in [-0.4, -0.2) is 25.8 Å². The molecule has 0 aliphatic carbocycles. The lowest BCUT2D eigenvalue weighted by molar-refractivity contribution is -0.166. The lowest BCUT2D eigenvalue weighted by atomic mass is 10.1. The van der Waals surface area contributed by atoms with Gasteiger partial charge in [-0.25, -0.2) is 9.18 Å². The number of pyridine rings is 1. The number of halogens is 3. The van der Waals surface area contributed by atoms with Gasteiger partial charge in [0.25, 0.3) is 0 Å². The van der Waals surface area contributed by atoms with Crippen LogP contribution in [0.3, 0.4) is 0 Å². The highest BCUT2D eigenvalue weighted by molar-refractivity contribution is 5.82. The zero-order valence-electron chi connectivity index (χ0n) is 13.4. The van der Waals surface area contributed by atoms with E-state index in [0.29, 0.717) is 22.3 Å². The number of fused-ring (bicyclic) bond motifs is 1. The fraction of sp³-hybridized carbons (Fsp3) is 0.235.